The number of pyridine rings is 1. The van der Waals surface area contributed by atoms with E-state index in [-0.39, 0.29) is 11.7 Å². The van der Waals surface area contributed by atoms with Gasteiger partial charge in [0.05, 0.1) is 5.69 Å². The molecule has 4 rings (SSSR count). The molecule has 1 unspecified atom stereocenters. The van der Waals surface area contributed by atoms with Crippen LogP contribution in [0.3, 0.4) is 0 Å². The average molecular weight is 428 g/mol. The highest BCUT2D eigenvalue weighted by Crippen LogP contribution is 2.39. The van der Waals surface area contributed by atoms with Crippen molar-refractivity contribution in [2.45, 2.75) is 12.3 Å². The molecule has 4 aromatic rings. The van der Waals surface area contributed by atoms with Crippen LogP contribution >= 0.6 is 11.6 Å². The molecule has 0 saturated heterocycles. The number of rotatable bonds is 6. The summed E-state index contributed by atoms with van der Waals surface area (Å²) >= 11 is 5.97. The Morgan fingerprint density at radius 2 is 1.45 bits per heavy atom. The quantitative estimate of drug-likeness (QED) is 0.336. The summed E-state index contributed by atoms with van der Waals surface area (Å²) in [6.07, 6.45) is 0.761. The molecule has 0 aliphatic heterocycles. The van der Waals surface area contributed by atoms with Gasteiger partial charge in [0.1, 0.15) is 11.5 Å². The lowest BCUT2D eigenvalue weighted by molar-refractivity contribution is 0.803. The SMILES string of the molecule is Nc1cc(C(Cc2ccccc2)c2ccccc2)c(N=Nc2ccc(Cl)cc2)c(N)n1. The van der Waals surface area contributed by atoms with Crippen LogP contribution in [0.2, 0.25) is 5.02 Å². The summed E-state index contributed by atoms with van der Waals surface area (Å²) in [5.41, 5.74) is 16.8. The van der Waals surface area contributed by atoms with Crippen molar-refractivity contribution >= 4 is 34.6 Å². The Kier molecular flexibility index (Phi) is 6.24. The van der Waals surface area contributed by atoms with Gasteiger partial charge in [-0.05, 0) is 53.4 Å². The second-order valence-electron chi connectivity index (χ2n) is 7.20. The summed E-state index contributed by atoms with van der Waals surface area (Å²) in [6, 6.07) is 29.5. The number of hydrogen-bond donors (Lipinski definition) is 2. The zero-order valence-corrected chi connectivity index (χ0v) is 17.6. The van der Waals surface area contributed by atoms with E-state index in [9.17, 15) is 0 Å². The summed E-state index contributed by atoms with van der Waals surface area (Å²) in [5.74, 6) is 0.587. The summed E-state index contributed by atoms with van der Waals surface area (Å²) in [5, 5.41) is 9.47. The number of halogens is 1. The zero-order chi connectivity index (χ0) is 21.6. The first-order chi connectivity index (χ1) is 15.1. The highest BCUT2D eigenvalue weighted by molar-refractivity contribution is 6.30. The second-order valence-corrected chi connectivity index (χ2v) is 7.64. The smallest absolute Gasteiger partial charge is 0.154 e. The van der Waals surface area contributed by atoms with E-state index in [1.807, 2.05) is 42.5 Å². The first kappa shape index (κ1) is 20.6. The molecule has 154 valence electrons. The molecule has 0 fully saturated rings. The molecule has 6 heteroatoms. The minimum atomic E-state index is -0.0182. The molecule has 1 heterocycles. The van der Waals surface area contributed by atoms with Gasteiger partial charge >= 0.3 is 0 Å². The van der Waals surface area contributed by atoms with E-state index < -0.39 is 0 Å². The third-order valence-electron chi connectivity index (χ3n) is 5.02. The number of nitrogen functional groups attached to an aromatic ring is 2. The van der Waals surface area contributed by atoms with Crippen molar-refractivity contribution in [3.05, 3.63) is 113 Å². The largest absolute Gasteiger partial charge is 0.384 e. The number of aromatic nitrogens is 1. The predicted molar refractivity (Wildman–Crippen MR) is 127 cm³/mol. The van der Waals surface area contributed by atoms with Gasteiger partial charge in [-0.15, -0.1) is 5.11 Å². The standard InChI is InChI=1S/C25H22ClN5/c26-19-11-13-20(14-12-19)30-31-24-22(16-23(27)29-25(24)28)21(18-9-5-2-6-10-18)15-17-7-3-1-4-8-17/h1-14,16,21H,15H2,(H4,27,28,29). The van der Waals surface area contributed by atoms with E-state index in [1.54, 1.807) is 24.3 Å². The van der Waals surface area contributed by atoms with Gasteiger partial charge in [-0.2, -0.15) is 5.11 Å². The van der Waals surface area contributed by atoms with Crippen LogP contribution in [-0.2, 0) is 6.42 Å². The number of benzene rings is 3. The lowest BCUT2D eigenvalue weighted by Gasteiger charge is -2.21. The van der Waals surface area contributed by atoms with Crippen LogP contribution in [0.5, 0.6) is 0 Å². The lowest BCUT2D eigenvalue weighted by atomic mass is 9.85. The number of anilines is 2. The van der Waals surface area contributed by atoms with E-state index in [0.29, 0.717) is 22.2 Å². The van der Waals surface area contributed by atoms with Gasteiger partial charge < -0.3 is 11.5 Å². The molecule has 5 nitrogen and oxygen atoms in total. The summed E-state index contributed by atoms with van der Waals surface area (Å²) < 4.78 is 0. The van der Waals surface area contributed by atoms with Crippen LogP contribution in [-0.4, -0.2) is 4.98 Å². The normalized spacial score (nSPS) is 12.2. The van der Waals surface area contributed by atoms with Gasteiger partial charge in [-0.3, -0.25) is 0 Å². The second kappa shape index (κ2) is 9.41. The monoisotopic (exact) mass is 427 g/mol. The molecule has 31 heavy (non-hydrogen) atoms. The van der Waals surface area contributed by atoms with Crippen LogP contribution in [0.4, 0.5) is 23.0 Å². The van der Waals surface area contributed by atoms with E-state index in [1.165, 1.54) is 5.56 Å². The van der Waals surface area contributed by atoms with E-state index >= 15 is 0 Å². The molecule has 1 atom stereocenters. The molecule has 4 N–H and O–H groups in total. The van der Waals surface area contributed by atoms with Gasteiger partial charge in [0.25, 0.3) is 0 Å². The Morgan fingerprint density at radius 1 is 0.806 bits per heavy atom. The Bertz CT molecular complexity index is 1180. The van der Waals surface area contributed by atoms with Crippen molar-refractivity contribution in [3.63, 3.8) is 0 Å². The molecule has 0 spiro atoms. The first-order valence-corrected chi connectivity index (χ1v) is 10.3. The lowest BCUT2D eigenvalue weighted by Crippen LogP contribution is -2.09. The summed E-state index contributed by atoms with van der Waals surface area (Å²) in [7, 11) is 0. The van der Waals surface area contributed by atoms with Crippen LogP contribution in [0, 0.1) is 0 Å². The average Bonchev–Trinajstić information content (AvgIpc) is 2.79. The molecule has 3 aromatic carbocycles. The van der Waals surface area contributed by atoms with Gasteiger partial charge in [0, 0.05) is 10.9 Å². The minimum Gasteiger partial charge on any atom is -0.384 e. The Morgan fingerprint density at radius 3 is 2.13 bits per heavy atom. The number of nitrogens with two attached hydrogens (primary N) is 2. The third kappa shape index (κ3) is 5.08. The zero-order valence-electron chi connectivity index (χ0n) is 16.8. The molecule has 0 aliphatic rings. The van der Waals surface area contributed by atoms with Crippen LogP contribution in [0.1, 0.15) is 22.6 Å². The highest BCUT2D eigenvalue weighted by atomic mass is 35.5. The van der Waals surface area contributed by atoms with Gasteiger partial charge in [0.2, 0.25) is 0 Å². The van der Waals surface area contributed by atoms with Gasteiger partial charge in [0.15, 0.2) is 5.82 Å². The number of hydrogen-bond acceptors (Lipinski definition) is 5. The molecule has 0 radical (unpaired) electrons. The molecule has 1 aromatic heterocycles. The summed E-state index contributed by atoms with van der Waals surface area (Å²) in [4.78, 5) is 4.22. The maximum absolute atomic E-state index is 6.25. The summed E-state index contributed by atoms with van der Waals surface area (Å²) in [6.45, 7) is 0. The fourth-order valence-electron chi connectivity index (χ4n) is 3.53. The van der Waals surface area contributed by atoms with Crippen molar-refractivity contribution in [2.75, 3.05) is 11.5 Å². The van der Waals surface area contributed by atoms with Crippen LogP contribution < -0.4 is 11.5 Å². The van der Waals surface area contributed by atoms with Crippen molar-refractivity contribution < 1.29 is 0 Å². The Labute approximate surface area is 186 Å². The van der Waals surface area contributed by atoms with Crippen LogP contribution in [0.15, 0.2) is 101 Å². The molecular weight excluding hydrogens is 406 g/mol. The fourth-order valence-corrected chi connectivity index (χ4v) is 3.66. The molecule has 0 saturated carbocycles. The van der Waals surface area contributed by atoms with Crippen LogP contribution in [0.25, 0.3) is 0 Å². The maximum atomic E-state index is 6.25. The van der Waals surface area contributed by atoms with E-state index in [4.69, 9.17) is 23.1 Å². The van der Waals surface area contributed by atoms with E-state index in [0.717, 1.165) is 17.5 Å². The highest BCUT2D eigenvalue weighted by Gasteiger charge is 2.21. The fraction of sp³-hybridized carbons (Fsp3) is 0.0800. The third-order valence-corrected chi connectivity index (χ3v) is 5.27. The Balaban J connectivity index is 1.81. The predicted octanol–water partition coefficient (Wildman–Crippen LogP) is 6.69. The number of azo groups is 1. The maximum Gasteiger partial charge on any atom is 0.154 e. The molecular formula is C25H22ClN5. The molecule has 0 bridgehead atoms. The van der Waals surface area contributed by atoms with Gasteiger partial charge in [-0.25, -0.2) is 4.98 Å². The van der Waals surface area contributed by atoms with Crippen molar-refractivity contribution in [1.82, 2.24) is 4.98 Å². The first-order valence-electron chi connectivity index (χ1n) is 9.92. The van der Waals surface area contributed by atoms with Crippen molar-refractivity contribution in [2.24, 2.45) is 10.2 Å². The topological polar surface area (TPSA) is 89.6 Å². The van der Waals surface area contributed by atoms with Gasteiger partial charge in [-0.1, -0.05) is 72.3 Å². The van der Waals surface area contributed by atoms with Crippen molar-refractivity contribution in [1.29, 1.82) is 0 Å². The van der Waals surface area contributed by atoms with E-state index in [2.05, 4.69) is 39.5 Å². The molecule has 0 aliphatic carbocycles. The Hall–Kier alpha value is -3.70. The number of nitrogens with zero attached hydrogens (tertiary/aromatic N) is 3. The molecule has 0 amide bonds. The minimum absolute atomic E-state index is 0.0182. The van der Waals surface area contributed by atoms with Crippen molar-refractivity contribution in [3.8, 4) is 0 Å².